The van der Waals surface area contributed by atoms with Crippen molar-refractivity contribution >= 4 is 35.6 Å². The van der Waals surface area contributed by atoms with Crippen LogP contribution in [0, 0.1) is 0 Å². The summed E-state index contributed by atoms with van der Waals surface area (Å²) in [4.78, 5) is 24.8. The van der Waals surface area contributed by atoms with E-state index >= 15 is 0 Å². The number of halogens is 3. The zero-order valence-corrected chi connectivity index (χ0v) is 15.5. The number of imidazole rings is 1. The van der Waals surface area contributed by atoms with Gasteiger partial charge in [0.25, 0.3) is 0 Å². The van der Waals surface area contributed by atoms with Gasteiger partial charge in [0.15, 0.2) is 0 Å². The fraction of sp³-hybridized carbons (Fsp3) is 0.167. The summed E-state index contributed by atoms with van der Waals surface area (Å²) < 4.78 is 38.4. The molecular weight excluding hydrogens is 408 g/mol. The number of nitrogens with zero attached hydrogens (tertiary/aromatic N) is 2. The smallest absolute Gasteiger partial charge is 0.475 e. The largest absolute Gasteiger partial charge is 0.490 e. The number of rotatable bonds is 4. The zero-order chi connectivity index (χ0) is 22.5. The summed E-state index contributed by atoms with van der Waals surface area (Å²) in [6, 6.07) is 12.3. The van der Waals surface area contributed by atoms with Crippen LogP contribution in [0.3, 0.4) is 0 Å². The Morgan fingerprint density at radius 2 is 1.73 bits per heavy atom. The molecule has 3 rings (SSSR count). The van der Waals surface area contributed by atoms with Gasteiger partial charge >= 0.3 is 25.2 Å². The average Bonchev–Trinajstić information content (AvgIpc) is 3.09. The lowest BCUT2D eigenvalue weighted by Gasteiger charge is -2.06. The first kappa shape index (κ1) is 22.9. The molecule has 12 heteroatoms. The molecule has 158 valence electrons. The van der Waals surface area contributed by atoms with Crippen molar-refractivity contribution in [1.82, 2.24) is 9.55 Å². The summed E-state index contributed by atoms with van der Waals surface area (Å²) in [5.74, 6) is -3.15. The Bertz CT molecular complexity index is 1030. The third kappa shape index (κ3) is 5.81. The molecule has 0 spiro atoms. The van der Waals surface area contributed by atoms with E-state index in [0.29, 0.717) is 17.6 Å². The fourth-order valence-corrected chi connectivity index (χ4v) is 2.43. The summed E-state index contributed by atoms with van der Waals surface area (Å²) in [5, 5.41) is 25.3. The molecule has 0 bridgehead atoms. The molecule has 0 aliphatic heterocycles. The van der Waals surface area contributed by atoms with Gasteiger partial charge in [-0.15, -0.1) is 0 Å². The summed E-state index contributed by atoms with van der Waals surface area (Å²) in [6.45, 7) is 0.593. The molecule has 0 aliphatic rings. The second-order valence-corrected chi connectivity index (χ2v) is 5.99. The van der Waals surface area contributed by atoms with Crippen LogP contribution < -0.4 is 5.46 Å². The van der Waals surface area contributed by atoms with E-state index in [1.807, 2.05) is 22.8 Å². The molecule has 1 aromatic heterocycles. The van der Waals surface area contributed by atoms with Crippen molar-refractivity contribution in [2.45, 2.75) is 12.7 Å². The molecule has 0 unspecified atom stereocenters. The van der Waals surface area contributed by atoms with E-state index in [4.69, 9.17) is 24.7 Å². The highest BCUT2D eigenvalue weighted by atomic mass is 19.4. The van der Waals surface area contributed by atoms with Crippen molar-refractivity contribution in [1.29, 1.82) is 0 Å². The number of alkyl halides is 3. The first-order valence-electron chi connectivity index (χ1n) is 8.31. The molecule has 3 aromatic rings. The van der Waals surface area contributed by atoms with E-state index < -0.39 is 19.3 Å². The molecule has 0 radical (unpaired) electrons. The van der Waals surface area contributed by atoms with Gasteiger partial charge in [0.2, 0.25) is 0 Å². The van der Waals surface area contributed by atoms with E-state index in [9.17, 15) is 18.0 Å². The maximum atomic E-state index is 11.5. The van der Waals surface area contributed by atoms with E-state index in [0.717, 1.165) is 16.6 Å². The zero-order valence-electron chi connectivity index (χ0n) is 15.5. The van der Waals surface area contributed by atoms with Gasteiger partial charge in [-0.3, -0.25) is 0 Å². The van der Waals surface area contributed by atoms with Crippen molar-refractivity contribution in [3.8, 4) is 0 Å². The monoisotopic (exact) mass is 424 g/mol. The Hall–Kier alpha value is -3.38. The predicted molar refractivity (Wildman–Crippen MR) is 100 cm³/mol. The van der Waals surface area contributed by atoms with Crippen molar-refractivity contribution < 1.29 is 42.7 Å². The molecule has 0 saturated carbocycles. The number of carbonyl (C=O) groups excluding carboxylic acids is 1. The minimum Gasteiger partial charge on any atom is -0.475 e. The van der Waals surface area contributed by atoms with Gasteiger partial charge in [0, 0.05) is 6.54 Å². The van der Waals surface area contributed by atoms with Crippen LogP contribution in [0.1, 0.15) is 15.9 Å². The molecule has 1 heterocycles. The SMILES string of the molecule is COC(=O)c1ccc2c(c1)ncn2Cc1ccc(B(O)O)cc1.O=C(O)C(F)(F)F. The lowest BCUT2D eigenvalue weighted by molar-refractivity contribution is -0.192. The van der Waals surface area contributed by atoms with Gasteiger partial charge in [0.05, 0.1) is 30.0 Å². The normalized spacial score (nSPS) is 10.9. The Balaban J connectivity index is 0.000000396. The number of aromatic nitrogens is 2. The summed E-state index contributed by atoms with van der Waals surface area (Å²) in [6.07, 6.45) is -3.37. The Morgan fingerprint density at radius 3 is 2.23 bits per heavy atom. The number of hydrogen-bond acceptors (Lipinski definition) is 6. The number of ether oxygens (including phenoxy) is 1. The molecule has 8 nitrogen and oxygen atoms in total. The van der Waals surface area contributed by atoms with E-state index in [1.54, 1.807) is 30.6 Å². The van der Waals surface area contributed by atoms with Crippen molar-refractivity contribution in [2.75, 3.05) is 7.11 Å². The van der Waals surface area contributed by atoms with Gasteiger partial charge in [-0.1, -0.05) is 24.3 Å². The van der Waals surface area contributed by atoms with Crippen LogP contribution >= 0.6 is 0 Å². The summed E-state index contributed by atoms with van der Waals surface area (Å²) in [7, 11) is -0.118. The summed E-state index contributed by atoms with van der Waals surface area (Å²) in [5.41, 5.74) is 3.54. The van der Waals surface area contributed by atoms with Crippen LogP contribution in [0.2, 0.25) is 0 Å². The number of carboxylic acid groups (broad SMARTS) is 1. The fourth-order valence-electron chi connectivity index (χ4n) is 2.43. The lowest BCUT2D eigenvalue weighted by atomic mass is 9.80. The minimum atomic E-state index is -5.08. The van der Waals surface area contributed by atoms with Gasteiger partial charge < -0.3 is 24.5 Å². The van der Waals surface area contributed by atoms with Crippen LogP contribution in [-0.4, -0.2) is 57.0 Å². The average molecular weight is 424 g/mol. The van der Waals surface area contributed by atoms with Crippen LogP contribution in [-0.2, 0) is 16.1 Å². The second-order valence-electron chi connectivity index (χ2n) is 5.99. The number of methoxy groups -OCH3 is 1. The molecule has 0 atom stereocenters. The van der Waals surface area contributed by atoms with Crippen LogP contribution in [0.15, 0.2) is 48.8 Å². The topological polar surface area (TPSA) is 122 Å². The van der Waals surface area contributed by atoms with Crippen molar-refractivity contribution in [3.05, 3.63) is 59.9 Å². The summed E-state index contributed by atoms with van der Waals surface area (Å²) >= 11 is 0. The highest BCUT2D eigenvalue weighted by Gasteiger charge is 2.38. The van der Waals surface area contributed by atoms with Crippen LogP contribution in [0.25, 0.3) is 11.0 Å². The lowest BCUT2D eigenvalue weighted by Crippen LogP contribution is -2.29. The van der Waals surface area contributed by atoms with E-state index in [-0.39, 0.29) is 5.97 Å². The maximum absolute atomic E-state index is 11.5. The minimum absolute atomic E-state index is 0.389. The molecular formula is C18H16BF3N2O6. The van der Waals surface area contributed by atoms with Crippen molar-refractivity contribution in [2.24, 2.45) is 0 Å². The standard InChI is InChI=1S/C16H15BN2O4.C2HF3O2/c1-23-16(20)12-4-7-15-14(8-12)18-10-19(15)9-11-2-5-13(6-3-11)17(21)22;3-2(4,5)1(6)7/h2-8,10,21-22H,9H2,1H3;(H,6,7). The molecule has 0 fully saturated rings. The number of carboxylic acids is 1. The third-order valence-electron chi connectivity index (χ3n) is 3.92. The first-order chi connectivity index (χ1) is 14.0. The van der Waals surface area contributed by atoms with Gasteiger partial charge in [-0.05, 0) is 29.2 Å². The molecule has 0 amide bonds. The molecule has 2 aromatic carbocycles. The number of aliphatic carboxylic acids is 1. The highest BCUT2D eigenvalue weighted by molar-refractivity contribution is 6.58. The number of esters is 1. The second kappa shape index (κ2) is 9.42. The van der Waals surface area contributed by atoms with E-state index in [2.05, 4.69) is 4.98 Å². The highest BCUT2D eigenvalue weighted by Crippen LogP contribution is 2.17. The molecule has 0 aliphatic carbocycles. The van der Waals surface area contributed by atoms with Crippen LogP contribution in [0.4, 0.5) is 13.2 Å². The molecule has 30 heavy (non-hydrogen) atoms. The predicted octanol–water partition coefficient (Wildman–Crippen LogP) is 1.18. The van der Waals surface area contributed by atoms with Gasteiger partial charge in [0.1, 0.15) is 0 Å². The maximum Gasteiger partial charge on any atom is 0.490 e. The quantitative estimate of drug-likeness (QED) is 0.425. The van der Waals surface area contributed by atoms with Crippen molar-refractivity contribution in [3.63, 3.8) is 0 Å². The Labute approximate surface area is 168 Å². The van der Waals surface area contributed by atoms with Gasteiger partial charge in [-0.25, -0.2) is 14.6 Å². The number of benzene rings is 2. The van der Waals surface area contributed by atoms with Crippen LogP contribution in [0.5, 0.6) is 0 Å². The Morgan fingerprint density at radius 1 is 1.13 bits per heavy atom. The van der Waals surface area contributed by atoms with E-state index in [1.165, 1.54) is 7.11 Å². The molecule has 0 saturated heterocycles. The number of hydrogen-bond donors (Lipinski definition) is 3. The van der Waals surface area contributed by atoms with Gasteiger partial charge in [-0.2, -0.15) is 13.2 Å². The Kier molecular flexibility index (Phi) is 7.19. The third-order valence-corrected chi connectivity index (χ3v) is 3.92. The number of carbonyl (C=O) groups is 2. The number of fused-ring (bicyclic) bond motifs is 1. The molecule has 3 N–H and O–H groups in total. The first-order valence-corrected chi connectivity index (χ1v) is 8.31.